The van der Waals surface area contributed by atoms with Crippen LogP contribution in [0.15, 0.2) is 42.7 Å². The number of carbonyl (C=O) groups is 1. The first-order valence-corrected chi connectivity index (χ1v) is 8.86. The van der Waals surface area contributed by atoms with Gasteiger partial charge in [0.1, 0.15) is 13.2 Å². The Balaban J connectivity index is 1.28. The molecular weight excluding hydrogens is 332 g/mol. The second-order valence-corrected chi connectivity index (χ2v) is 6.32. The minimum atomic E-state index is -0.0331. The number of amides is 2. The third kappa shape index (κ3) is 3.66. The van der Waals surface area contributed by atoms with Gasteiger partial charge < -0.3 is 24.6 Å². The van der Waals surface area contributed by atoms with Crippen LogP contribution in [0, 0.1) is 0 Å². The zero-order valence-corrected chi connectivity index (χ0v) is 14.6. The van der Waals surface area contributed by atoms with Crippen molar-refractivity contribution in [1.82, 2.24) is 15.2 Å². The standard InChI is InChI=1S/C19H22N4O3/c24-19(21-14-15-1-2-17-18(13-15)26-12-11-25-17)23-9-7-22(8-10-23)16-3-5-20-6-4-16/h1-6,13H,7-12,14H2,(H,21,24). The van der Waals surface area contributed by atoms with Crippen LogP contribution < -0.4 is 19.7 Å². The Morgan fingerprint density at radius 2 is 1.73 bits per heavy atom. The molecule has 1 aromatic heterocycles. The predicted molar refractivity (Wildman–Crippen MR) is 97.7 cm³/mol. The van der Waals surface area contributed by atoms with E-state index in [0.29, 0.717) is 32.8 Å². The summed E-state index contributed by atoms with van der Waals surface area (Å²) in [6, 6.07) is 9.73. The van der Waals surface area contributed by atoms with Gasteiger partial charge in [-0.05, 0) is 29.8 Å². The highest BCUT2D eigenvalue weighted by Crippen LogP contribution is 2.30. The molecule has 1 fully saturated rings. The fraction of sp³-hybridized carbons (Fsp3) is 0.368. The number of hydrogen-bond donors (Lipinski definition) is 1. The summed E-state index contributed by atoms with van der Waals surface area (Å²) in [7, 11) is 0. The summed E-state index contributed by atoms with van der Waals surface area (Å²) in [4.78, 5) is 20.6. The van der Waals surface area contributed by atoms with Crippen molar-refractivity contribution < 1.29 is 14.3 Å². The molecule has 1 aromatic carbocycles. The Bertz CT molecular complexity index is 761. The number of ether oxygens (including phenoxy) is 2. The SMILES string of the molecule is O=C(NCc1ccc2c(c1)OCCO2)N1CCN(c2ccncc2)CC1. The van der Waals surface area contributed by atoms with E-state index >= 15 is 0 Å². The predicted octanol–water partition coefficient (Wildman–Crippen LogP) is 1.88. The maximum absolute atomic E-state index is 12.4. The van der Waals surface area contributed by atoms with Gasteiger partial charge in [-0.15, -0.1) is 0 Å². The van der Waals surface area contributed by atoms with Crippen molar-refractivity contribution in [1.29, 1.82) is 0 Å². The van der Waals surface area contributed by atoms with E-state index < -0.39 is 0 Å². The van der Waals surface area contributed by atoms with Crippen LogP contribution >= 0.6 is 0 Å². The summed E-state index contributed by atoms with van der Waals surface area (Å²) >= 11 is 0. The molecule has 2 amide bonds. The quantitative estimate of drug-likeness (QED) is 0.912. The Labute approximate surface area is 152 Å². The summed E-state index contributed by atoms with van der Waals surface area (Å²) in [5.74, 6) is 1.51. The number of hydrogen-bond acceptors (Lipinski definition) is 5. The number of urea groups is 1. The van der Waals surface area contributed by atoms with Gasteiger partial charge in [0.05, 0.1) is 0 Å². The first kappa shape index (κ1) is 16.5. The molecule has 0 bridgehead atoms. The van der Waals surface area contributed by atoms with Crippen LogP contribution in [-0.2, 0) is 6.54 Å². The van der Waals surface area contributed by atoms with Crippen molar-refractivity contribution in [2.45, 2.75) is 6.54 Å². The van der Waals surface area contributed by atoms with E-state index in [0.717, 1.165) is 35.8 Å². The molecule has 7 nitrogen and oxygen atoms in total. The van der Waals surface area contributed by atoms with E-state index in [4.69, 9.17) is 9.47 Å². The molecule has 2 aromatic rings. The van der Waals surface area contributed by atoms with Crippen LogP contribution in [0.25, 0.3) is 0 Å². The van der Waals surface area contributed by atoms with Gasteiger partial charge >= 0.3 is 6.03 Å². The highest BCUT2D eigenvalue weighted by atomic mass is 16.6. The summed E-state index contributed by atoms with van der Waals surface area (Å²) in [6.45, 7) is 4.66. The van der Waals surface area contributed by atoms with Gasteiger partial charge in [0.2, 0.25) is 0 Å². The van der Waals surface area contributed by atoms with Crippen molar-refractivity contribution in [2.24, 2.45) is 0 Å². The van der Waals surface area contributed by atoms with Crippen LogP contribution in [0.4, 0.5) is 10.5 Å². The molecular formula is C19H22N4O3. The lowest BCUT2D eigenvalue weighted by molar-refractivity contribution is 0.171. The molecule has 0 saturated carbocycles. The number of piperazine rings is 1. The molecule has 0 radical (unpaired) electrons. The molecule has 136 valence electrons. The molecule has 2 aliphatic rings. The molecule has 3 heterocycles. The van der Waals surface area contributed by atoms with Crippen LogP contribution in [-0.4, -0.2) is 55.3 Å². The van der Waals surface area contributed by atoms with E-state index in [2.05, 4.69) is 15.2 Å². The second-order valence-electron chi connectivity index (χ2n) is 6.32. The topological polar surface area (TPSA) is 66.9 Å². The summed E-state index contributed by atoms with van der Waals surface area (Å²) in [6.07, 6.45) is 3.59. The minimum Gasteiger partial charge on any atom is -0.486 e. The number of anilines is 1. The summed E-state index contributed by atoms with van der Waals surface area (Å²) in [5.41, 5.74) is 2.15. The smallest absolute Gasteiger partial charge is 0.317 e. The largest absolute Gasteiger partial charge is 0.486 e. The van der Waals surface area contributed by atoms with E-state index in [1.165, 1.54) is 0 Å². The number of carbonyl (C=O) groups excluding carboxylic acids is 1. The molecule has 0 aliphatic carbocycles. The number of fused-ring (bicyclic) bond motifs is 1. The third-order valence-corrected chi connectivity index (χ3v) is 4.65. The van der Waals surface area contributed by atoms with E-state index in [-0.39, 0.29) is 6.03 Å². The number of nitrogens with zero attached hydrogens (tertiary/aromatic N) is 3. The van der Waals surface area contributed by atoms with Crippen molar-refractivity contribution >= 4 is 11.7 Å². The zero-order valence-electron chi connectivity index (χ0n) is 14.6. The first-order valence-electron chi connectivity index (χ1n) is 8.86. The van der Waals surface area contributed by atoms with Crippen molar-refractivity contribution in [3.63, 3.8) is 0 Å². The van der Waals surface area contributed by atoms with Gasteiger partial charge in [-0.2, -0.15) is 0 Å². The molecule has 1 N–H and O–H groups in total. The van der Waals surface area contributed by atoms with E-state index in [1.807, 2.05) is 35.2 Å². The summed E-state index contributed by atoms with van der Waals surface area (Å²) in [5, 5.41) is 2.99. The van der Waals surface area contributed by atoms with Crippen LogP contribution in [0.1, 0.15) is 5.56 Å². The van der Waals surface area contributed by atoms with Gasteiger partial charge in [0.15, 0.2) is 11.5 Å². The molecule has 0 unspecified atom stereocenters. The van der Waals surface area contributed by atoms with Crippen LogP contribution in [0.2, 0.25) is 0 Å². The fourth-order valence-corrected chi connectivity index (χ4v) is 3.21. The highest BCUT2D eigenvalue weighted by Gasteiger charge is 2.21. The van der Waals surface area contributed by atoms with Gasteiger partial charge in [0.25, 0.3) is 0 Å². The monoisotopic (exact) mass is 354 g/mol. The number of rotatable bonds is 3. The Morgan fingerprint density at radius 1 is 1.00 bits per heavy atom. The Morgan fingerprint density at radius 3 is 2.50 bits per heavy atom. The highest BCUT2D eigenvalue weighted by molar-refractivity contribution is 5.74. The normalized spacial score (nSPS) is 16.3. The number of nitrogens with one attached hydrogen (secondary N) is 1. The lowest BCUT2D eigenvalue weighted by atomic mass is 10.2. The van der Waals surface area contributed by atoms with Crippen molar-refractivity contribution in [2.75, 3.05) is 44.3 Å². The molecule has 2 aliphatic heterocycles. The minimum absolute atomic E-state index is 0.0331. The Kier molecular flexibility index (Phi) is 4.77. The maximum Gasteiger partial charge on any atom is 0.317 e. The molecule has 26 heavy (non-hydrogen) atoms. The third-order valence-electron chi connectivity index (χ3n) is 4.65. The van der Waals surface area contributed by atoms with Crippen LogP contribution in [0.3, 0.4) is 0 Å². The molecule has 1 saturated heterocycles. The average Bonchev–Trinajstić information content (AvgIpc) is 2.72. The fourth-order valence-electron chi connectivity index (χ4n) is 3.21. The van der Waals surface area contributed by atoms with Gasteiger partial charge in [0, 0.05) is 50.8 Å². The van der Waals surface area contributed by atoms with E-state index in [9.17, 15) is 4.79 Å². The van der Waals surface area contributed by atoms with Crippen LogP contribution in [0.5, 0.6) is 11.5 Å². The second kappa shape index (κ2) is 7.51. The zero-order chi connectivity index (χ0) is 17.8. The number of aromatic nitrogens is 1. The van der Waals surface area contributed by atoms with E-state index in [1.54, 1.807) is 12.4 Å². The maximum atomic E-state index is 12.4. The van der Waals surface area contributed by atoms with Gasteiger partial charge in [-0.25, -0.2) is 4.79 Å². The molecule has 0 spiro atoms. The number of benzene rings is 1. The lowest BCUT2D eigenvalue weighted by Gasteiger charge is -2.36. The molecule has 0 atom stereocenters. The average molecular weight is 354 g/mol. The lowest BCUT2D eigenvalue weighted by Crippen LogP contribution is -2.51. The van der Waals surface area contributed by atoms with Gasteiger partial charge in [-0.3, -0.25) is 4.98 Å². The van der Waals surface area contributed by atoms with Gasteiger partial charge in [-0.1, -0.05) is 6.07 Å². The molecule has 4 rings (SSSR count). The Hall–Kier alpha value is -2.96. The number of pyridine rings is 1. The van der Waals surface area contributed by atoms with Crippen molar-refractivity contribution in [3.05, 3.63) is 48.3 Å². The molecule has 7 heteroatoms. The first-order chi connectivity index (χ1) is 12.8. The summed E-state index contributed by atoms with van der Waals surface area (Å²) < 4.78 is 11.1. The van der Waals surface area contributed by atoms with Crippen molar-refractivity contribution in [3.8, 4) is 11.5 Å².